The Morgan fingerprint density at radius 3 is 2.08 bits per heavy atom. The fourth-order valence-electron chi connectivity index (χ4n) is 2.96. The Balaban J connectivity index is 0.00000243. The van der Waals surface area contributed by atoms with E-state index in [4.69, 9.17) is 18.9 Å². The zero-order valence-electron chi connectivity index (χ0n) is 15.2. The van der Waals surface area contributed by atoms with E-state index < -0.39 is 0 Å². The zero-order chi connectivity index (χ0) is 17.8. The van der Waals surface area contributed by atoms with Crippen molar-refractivity contribution in [3.63, 3.8) is 0 Å². The predicted molar refractivity (Wildman–Crippen MR) is 104 cm³/mol. The van der Waals surface area contributed by atoms with Crippen molar-refractivity contribution in [3.05, 3.63) is 53.9 Å². The lowest BCUT2D eigenvalue weighted by atomic mass is 10.0. The molecule has 3 rings (SSSR count). The third-order valence-corrected chi connectivity index (χ3v) is 4.19. The molecule has 138 valence electrons. The molecule has 0 spiro atoms. The number of nitrogens with zero attached hydrogens (tertiary/aromatic N) is 1. The van der Waals surface area contributed by atoms with Gasteiger partial charge in [-0.1, -0.05) is 6.07 Å². The highest BCUT2D eigenvalue weighted by atomic mass is 35.5. The summed E-state index contributed by atoms with van der Waals surface area (Å²) >= 11 is 0. The molecule has 5 nitrogen and oxygen atoms in total. The van der Waals surface area contributed by atoms with Crippen LogP contribution in [0, 0.1) is 0 Å². The van der Waals surface area contributed by atoms with E-state index in [0.29, 0.717) is 23.7 Å². The Hall–Kier alpha value is -2.66. The molecule has 0 saturated carbocycles. The van der Waals surface area contributed by atoms with Crippen molar-refractivity contribution in [1.29, 1.82) is 0 Å². The second kappa shape index (κ2) is 8.63. The van der Waals surface area contributed by atoms with Crippen molar-refractivity contribution >= 4 is 23.2 Å². The van der Waals surface area contributed by atoms with Gasteiger partial charge in [-0.2, -0.15) is 0 Å². The normalized spacial score (nSPS) is 10.2. The number of pyridine rings is 1. The van der Waals surface area contributed by atoms with E-state index in [1.165, 1.54) is 0 Å². The van der Waals surface area contributed by atoms with Gasteiger partial charge in [-0.15, -0.1) is 12.4 Å². The van der Waals surface area contributed by atoms with Crippen LogP contribution < -0.4 is 18.9 Å². The fraction of sp³-hybridized carbons (Fsp3) is 0.250. The van der Waals surface area contributed by atoms with Crippen LogP contribution in [0.4, 0.5) is 0 Å². The summed E-state index contributed by atoms with van der Waals surface area (Å²) < 4.78 is 21.6. The number of halogens is 1. The standard InChI is InChI=1S/C20H21NO4.ClH/c1-22-17-7-5-13(12-19(17)24-3)11-16-14-6-8-18(23-2)20(25-4)15(14)9-10-21-16;/h5-10,12H,11H2,1-4H3;1H. The third-order valence-electron chi connectivity index (χ3n) is 4.19. The Morgan fingerprint density at radius 1 is 0.731 bits per heavy atom. The topological polar surface area (TPSA) is 49.8 Å². The van der Waals surface area contributed by atoms with Crippen molar-refractivity contribution in [1.82, 2.24) is 4.98 Å². The van der Waals surface area contributed by atoms with Crippen LogP contribution in [0.25, 0.3) is 10.8 Å². The molecule has 3 aromatic rings. The second-order valence-electron chi connectivity index (χ2n) is 5.52. The van der Waals surface area contributed by atoms with Crippen molar-refractivity contribution in [3.8, 4) is 23.0 Å². The molecular formula is C20H22ClNO4. The molecule has 0 N–H and O–H groups in total. The molecule has 0 aliphatic rings. The van der Waals surface area contributed by atoms with Crippen LogP contribution in [0.1, 0.15) is 11.3 Å². The zero-order valence-corrected chi connectivity index (χ0v) is 16.1. The molecule has 1 heterocycles. The summed E-state index contributed by atoms with van der Waals surface area (Å²) in [6.45, 7) is 0. The first-order valence-corrected chi connectivity index (χ1v) is 7.91. The first-order chi connectivity index (χ1) is 12.2. The van der Waals surface area contributed by atoms with Crippen LogP contribution in [-0.4, -0.2) is 33.4 Å². The van der Waals surface area contributed by atoms with Gasteiger partial charge in [0.2, 0.25) is 0 Å². The summed E-state index contributed by atoms with van der Waals surface area (Å²) in [5.41, 5.74) is 2.05. The first-order valence-electron chi connectivity index (χ1n) is 7.91. The second-order valence-corrected chi connectivity index (χ2v) is 5.52. The van der Waals surface area contributed by atoms with Gasteiger partial charge in [-0.3, -0.25) is 4.98 Å². The van der Waals surface area contributed by atoms with Gasteiger partial charge in [0.05, 0.1) is 34.1 Å². The van der Waals surface area contributed by atoms with E-state index in [1.54, 1.807) is 34.6 Å². The summed E-state index contributed by atoms with van der Waals surface area (Å²) in [7, 11) is 6.54. The summed E-state index contributed by atoms with van der Waals surface area (Å²) in [6.07, 6.45) is 2.47. The molecule has 0 radical (unpaired) electrons. The van der Waals surface area contributed by atoms with Crippen LogP contribution in [-0.2, 0) is 6.42 Å². The third kappa shape index (κ3) is 3.63. The predicted octanol–water partition coefficient (Wildman–Crippen LogP) is 4.28. The average molecular weight is 376 g/mol. The maximum Gasteiger partial charge on any atom is 0.168 e. The van der Waals surface area contributed by atoms with Crippen LogP contribution in [0.5, 0.6) is 23.0 Å². The fourth-order valence-corrected chi connectivity index (χ4v) is 2.96. The number of rotatable bonds is 6. The van der Waals surface area contributed by atoms with Gasteiger partial charge < -0.3 is 18.9 Å². The molecule has 0 aliphatic heterocycles. The Labute approximate surface area is 159 Å². The maximum atomic E-state index is 5.53. The molecule has 0 saturated heterocycles. The smallest absolute Gasteiger partial charge is 0.168 e. The lowest BCUT2D eigenvalue weighted by molar-refractivity contribution is 0.354. The SMILES string of the molecule is COc1ccc(Cc2nccc3c(OC)c(OC)ccc23)cc1OC.Cl. The van der Waals surface area contributed by atoms with Gasteiger partial charge in [-0.05, 0) is 35.9 Å². The highest BCUT2D eigenvalue weighted by molar-refractivity contribution is 5.92. The van der Waals surface area contributed by atoms with Crippen LogP contribution in [0.3, 0.4) is 0 Å². The van der Waals surface area contributed by atoms with Crippen molar-refractivity contribution < 1.29 is 18.9 Å². The number of aromatic nitrogens is 1. The average Bonchev–Trinajstić information content (AvgIpc) is 2.67. The van der Waals surface area contributed by atoms with E-state index in [1.807, 2.05) is 36.4 Å². The van der Waals surface area contributed by atoms with Crippen LogP contribution >= 0.6 is 12.4 Å². The molecule has 1 aromatic heterocycles. The highest BCUT2D eigenvalue weighted by Crippen LogP contribution is 2.37. The van der Waals surface area contributed by atoms with Gasteiger partial charge in [0.25, 0.3) is 0 Å². The molecule has 0 amide bonds. The highest BCUT2D eigenvalue weighted by Gasteiger charge is 2.13. The lowest BCUT2D eigenvalue weighted by Crippen LogP contribution is -1.98. The Morgan fingerprint density at radius 2 is 1.42 bits per heavy atom. The molecule has 0 bridgehead atoms. The molecule has 0 atom stereocenters. The number of benzene rings is 2. The Bertz CT molecular complexity index is 898. The number of methoxy groups -OCH3 is 4. The molecule has 6 heteroatoms. The van der Waals surface area contributed by atoms with Gasteiger partial charge in [0, 0.05) is 23.4 Å². The van der Waals surface area contributed by atoms with Gasteiger partial charge in [0.1, 0.15) is 0 Å². The first kappa shape index (κ1) is 19.7. The summed E-state index contributed by atoms with van der Waals surface area (Å²) in [5.74, 6) is 2.84. The van der Waals surface area contributed by atoms with E-state index >= 15 is 0 Å². The maximum absolute atomic E-state index is 5.53. The number of ether oxygens (including phenoxy) is 4. The summed E-state index contributed by atoms with van der Waals surface area (Å²) in [6, 6.07) is 11.8. The van der Waals surface area contributed by atoms with E-state index in [9.17, 15) is 0 Å². The van der Waals surface area contributed by atoms with Gasteiger partial charge in [-0.25, -0.2) is 0 Å². The van der Waals surface area contributed by atoms with Crippen molar-refractivity contribution in [2.24, 2.45) is 0 Å². The van der Waals surface area contributed by atoms with Crippen molar-refractivity contribution in [2.75, 3.05) is 28.4 Å². The summed E-state index contributed by atoms with van der Waals surface area (Å²) in [5, 5.41) is 2.02. The minimum Gasteiger partial charge on any atom is -0.493 e. The van der Waals surface area contributed by atoms with E-state index in [2.05, 4.69) is 4.98 Å². The van der Waals surface area contributed by atoms with Gasteiger partial charge in [0.15, 0.2) is 23.0 Å². The molecule has 0 fully saturated rings. The molecule has 26 heavy (non-hydrogen) atoms. The minimum absolute atomic E-state index is 0. The largest absolute Gasteiger partial charge is 0.493 e. The minimum atomic E-state index is 0. The molecule has 2 aromatic carbocycles. The Kier molecular flexibility index (Phi) is 6.52. The molecular weight excluding hydrogens is 354 g/mol. The number of hydrogen-bond acceptors (Lipinski definition) is 5. The van der Waals surface area contributed by atoms with Crippen molar-refractivity contribution in [2.45, 2.75) is 6.42 Å². The quantitative estimate of drug-likeness (QED) is 0.643. The van der Waals surface area contributed by atoms with Crippen LogP contribution in [0.15, 0.2) is 42.6 Å². The van der Waals surface area contributed by atoms with E-state index in [0.717, 1.165) is 27.8 Å². The monoisotopic (exact) mass is 375 g/mol. The molecule has 0 unspecified atom stereocenters. The van der Waals surface area contributed by atoms with E-state index in [-0.39, 0.29) is 12.4 Å². The van der Waals surface area contributed by atoms with Crippen LogP contribution in [0.2, 0.25) is 0 Å². The van der Waals surface area contributed by atoms with Gasteiger partial charge >= 0.3 is 0 Å². The summed E-state index contributed by atoms with van der Waals surface area (Å²) in [4.78, 5) is 4.56. The molecule has 0 aliphatic carbocycles. The lowest BCUT2D eigenvalue weighted by Gasteiger charge is -2.13. The number of fused-ring (bicyclic) bond motifs is 1. The number of hydrogen-bond donors (Lipinski definition) is 0.